The quantitative estimate of drug-likeness (QED) is 0.536. The van der Waals surface area contributed by atoms with Gasteiger partial charge in [0.2, 0.25) is 0 Å². The van der Waals surface area contributed by atoms with Gasteiger partial charge in [0.15, 0.2) is 0 Å². The fraction of sp³-hybridized carbons (Fsp3) is 0.542. The number of rotatable bonds is 6. The summed E-state index contributed by atoms with van der Waals surface area (Å²) in [5.41, 5.74) is 6.26. The lowest BCUT2D eigenvalue weighted by Gasteiger charge is -2.39. The molecule has 4 heteroatoms. The highest BCUT2D eigenvalue weighted by atomic mass is 35.5. The van der Waals surface area contributed by atoms with Crippen LogP contribution in [-0.4, -0.2) is 24.1 Å². The van der Waals surface area contributed by atoms with Crippen molar-refractivity contribution in [2.45, 2.75) is 71.8 Å². The van der Waals surface area contributed by atoms with Crippen LogP contribution in [0.5, 0.6) is 0 Å². The molecule has 0 saturated carbocycles. The van der Waals surface area contributed by atoms with Crippen molar-refractivity contribution < 1.29 is 0 Å². The molecule has 2 aliphatic rings. The first-order valence-electron chi connectivity index (χ1n) is 10.8. The predicted molar refractivity (Wildman–Crippen MR) is 120 cm³/mol. The molecule has 0 spiro atoms. The smallest absolute Gasteiger partial charge is 0.138 e. The van der Waals surface area contributed by atoms with E-state index in [0.29, 0.717) is 12.0 Å². The molecule has 0 radical (unpaired) electrons. The van der Waals surface area contributed by atoms with E-state index < -0.39 is 0 Å². The molecule has 2 aromatic rings. The van der Waals surface area contributed by atoms with Gasteiger partial charge < -0.3 is 9.80 Å². The second-order valence-electron chi connectivity index (χ2n) is 8.50. The Morgan fingerprint density at radius 1 is 1.11 bits per heavy atom. The third-order valence-corrected chi connectivity index (χ3v) is 6.62. The van der Waals surface area contributed by atoms with Crippen molar-refractivity contribution in [2.24, 2.45) is 0 Å². The van der Waals surface area contributed by atoms with Crippen molar-refractivity contribution in [3.63, 3.8) is 0 Å². The van der Waals surface area contributed by atoms with Crippen LogP contribution in [0.25, 0.3) is 0 Å². The van der Waals surface area contributed by atoms with Crippen molar-refractivity contribution in [3.8, 4) is 0 Å². The van der Waals surface area contributed by atoms with E-state index in [4.69, 9.17) is 16.6 Å². The molecule has 2 aliphatic heterocycles. The number of halogens is 1. The van der Waals surface area contributed by atoms with Crippen LogP contribution in [0.15, 0.2) is 24.3 Å². The molecule has 0 bridgehead atoms. The monoisotopic (exact) mass is 397 g/mol. The third kappa shape index (κ3) is 3.39. The Morgan fingerprint density at radius 3 is 2.54 bits per heavy atom. The number of aromatic nitrogens is 1. The second kappa shape index (κ2) is 7.94. The van der Waals surface area contributed by atoms with Gasteiger partial charge in [0.05, 0.1) is 10.7 Å². The van der Waals surface area contributed by atoms with Crippen molar-refractivity contribution in [1.29, 1.82) is 0 Å². The minimum Gasteiger partial charge on any atom is -0.368 e. The maximum atomic E-state index is 6.64. The number of hydrogen-bond donors (Lipinski definition) is 0. The molecular formula is C24H32ClN3. The molecule has 150 valence electrons. The lowest BCUT2D eigenvalue weighted by molar-refractivity contribution is 0.473. The summed E-state index contributed by atoms with van der Waals surface area (Å²) in [6.45, 7) is 11.0. The summed E-state index contributed by atoms with van der Waals surface area (Å²) in [7, 11) is 0. The van der Waals surface area contributed by atoms with E-state index in [9.17, 15) is 0 Å². The Morgan fingerprint density at radius 2 is 1.86 bits per heavy atom. The van der Waals surface area contributed by atoms with Crippen molar-refractivity contribution in [2.75, 3.05) is 22.9 Å². The van der Waals surface area contributed by atoms with Crippen LogP contribution in [-0.2, 0) is 0 Å². The number of aryl methyl sites for hydroxylation is 2. The van der Waals surface area contributed by atoms with Crippen LogP contribution in [0.1, 0.15) is 68.7 Å². The molecule has 0 fully saturated rings. The van der Waals surface area contributed by atoms with Crippen LogP contribution in [0.2, 0.25) is 5.02 Å². The van der Waals surface area contributed by atoms with E-state index in [1.807, 2.05) is 0 Å². The number of benzene rings is 1. The SMILES string of the molecule is CCCC(CCC)N1CCC2CN(c3ccc(C)cc3Cl)c3nc(C)cc1c32. The fourth-order valence-corrected chi connectivity index (χ4v) is 5.42. The van der Waals surface area contributed by atoms with E-state index in [1.54, 1.807) is 0 Å². The van der Waals surface area contributed by atoms with E-state index in [0.717, 1.165) is 35.3 Å². The van der Waals surface area contributed by atoms with Gasteiger partial charge in [0.25, 0.3) is 0 Å². The van der Waals surface area contributed by atoms with Gasteiger partial charge >= 0.3 is 0 Å². The summed E-state index contributed by atoms with van der Waals surface area (Å²) < 4.78 is 0. The van der Waals surface area contributed by atoms with E-state index in [1.165, 1.54) is 48.9 Å². The molecular weight excluding hydrogens is 366 g/mol. The highest BCUT2D eigenvalue weighted by Crippen LogP contribution is 2.50. The number of pyridine rings is 1. The predicted octanol–water partition coefficient (Wildman–Crippen LogP) is 6.77. The molecule has 0 aliphatic carbocycles. The first-order valence-corrected chi connectivity index (χ1v) is 11.2. The summed E-state index contributed by atoms with van der Waals surface area (Å²) in [6, 6.07) is 9.32. The summed E-state index contributed by atoms with van der Waals surface area (Å²) in [6.07, 6.45) is 6.21. The molecule has 4 rings (SSSR count). The minimum absolute atomic E-state index is 0.552. The Kier molecular flexibility index (Phi) is 5.55. The van der Waals surface area contributed by atoms with Gasteiger partial charge in [-0.2, -0.15) is 0 Å². The largest absolute Gasteiger partial charge is 0.368 e. The Bertz CT molecular complexity index is 857. The minimum atomic E-state index is 0.552. The maximum Gasteiger partial charge on any atom is 0.138 e. The Balaban J connectivity index is 1.79. The molecule has 3 heterocycles. The highest BCUT2D eigenvalue weighted by molar-refractivity contribution is 6.33. The van der Waals surface area contributed by atoms with Crippen LogP contribution in [0.4, 0.5) is 17.2 Å². The van der Waals surface area contributed by atoms with Crippen LogP contribution in [0, 0.1) is 13.8 Å². The summed E-state index contributed by atoms with van der Waals surface area (Å²) in [5, 5.41) is 0.822. The third-order valence-electron chi connectivity index (χ3n) is 6.32. The lowest BCUT2D eigenvalue weighted by atomic mass is 9.90. The first kappa shape index (κ1) is 19.6. The summed E-state index contributed by atoms with van der Waals surface area (Å²) in [5.74, 6) is 1.68. The van der Waals surface area contributed by atoms with Gasteiger partial charge in [0.1, 0.15) is 5.82 Å². The molecule has 0 saturated heterocycles. The Hall–Kier alpha value is -1.74. The zero-order valence-corrected chi connectivity index (χ0v) is 18.4. The number of hydrogen-bond acceptors (Lipinski definition) is 3. The molecule has 1 aromatic heterocycles. The van der Waals surface area contributed by atoms with E-state index >= 15 is 0 Å². The summed E-state index contributed by atoms with van der Waals surface area (Å²) in [4.78, 5) is 10.0. The topological polar surface area (TPSA) is 19.4 Å². The maximum absolute atomic E-state index is 6.64. The van der Waals surface area contributed by atoms with Crippen molar-refractivity contribution in [3.05, 3.63) is 46.1 Å². The highest BCUT2D eigenvalue weighted by Gasteiger charge is 2.39. The van der Waals surface area contributed by atoms with Gasteiger partial charge in [-0.15, -0.1) is 0 Å². The molecule has 1 atom stereocenters. The fourth-order valence-electron chi connectivity index (χ4n) is 5.08. The average Bonchev–Trinajstić information content (AvgIpc) is 3.01. The molecule has 0 N–H and O–H groups in total. The van der Waals surface area contributed by atoms with Gasteiger partial charge in [-0.1, -0.05) is 44.4 Å². The van der Waals surface area contributed by atoms with Crippen LogP contribution >= 0.6 is 11.6 Å². The molecule has 3 nitrogen and oxygen atoms in total. The van der Waals surface area contributed by atoms with Crippen molar-refractivity contribution >= 4 is 28.8 Å². The lowest BCUT2D eigenvalue weighted by Crippen LogP contribution is -2.40. The van der Waals surface area contributed by atoms with Gasteiger partial charge in [-0.25, -0.2) is 4.98 Å². The van der Waals surface area contributed by atoms with Crippen LogP contribution < -0.4 is 9.80 Å². The van der Waals surface area contributed by atoms with E-state index in [2.05, 4.69) is 61.8 Å². The molecule has 1 unspecified atom stereocenters. The van der Waals surface area contributed by atoms with E-state index in [-0.39, 0.29) is 0 Å². The second-order valence-corrected chi connectivity index (χ2v) is 8.90. The number of nitrogens with zero attached hydrogens (tertiary/aromatic N) is 3. The zero-order chi connectivity index (χ0) is 19.8. The standard InChI is InChI=1S/C24H32ClN3/c1-5-7-19(8-6-2)27-12-11-18-15-28(21-10-9-16(3)13-20(21)25)24-23(18)22(27)14-17(4)26-24/h9-10,13-14,18-19H,5-8,11-12,15H2,1-4H3. The van der Waals surface area contributed by atoms with Crippen LogP contribution in [0.3, 0.4) is 0 Å². The Labute approximate surface area is 174 Å². The molecule has 28 heavy (non-hydrogen) atoms. The van der Waals surface area contributed by atoms with Gasteiger partial charge in [-0.05, 0) is 56.9 Å². The normalized spacial score (nSPS) is 18.1. The van der Waals surface area contributed by atoms with Gasteiger partial charge in [0, 0.05) is 42.0 Å². The summed E-state index contributed by atoms with van der Waals surface area (Å²) >= 11 is 6.64. The van der Waals surface area contributed by atoms with Gasteiger partial charge in [-0.3, -0.25) is 0 Å². The molecule has 0 amide bonds. The zero-order valence-electron chi connectivity index (χ0n) is 17.6. The first-order chi connectivity index (χ1) is 13.5. The average molecular weight is 398 g/mol. The number of anilines is 3. The molecule has 1 aromatic carbocycles. The van der Waals surface area contributed by atoms with Crippen molar-refractivity contribution in [1.82, 2.24) is 4.98 Å².